The van der Waals surface area contributed by atoms with Gasteiger partial charge in [0.2, 0.25) is 17.2 Å². The Hall–Kier alpha value is -3.49. The minimum Gasteiger partial charge on any atom is -0.504 e. The number of para-hydroxylation sites is 1. The van der Waals surface area contributed by atoms with E-state index in [1.54, 1.807) is 0 Å². The number of amides is 1. The van der Waals surface area contributed by atoms with E-state index >= 15 is 0 Å². The molecule has 0 unspecified atom stereocenters. The summed E-state index contributed by atoms with van der Waals surface area (Å²) in [5.41, 5.74) is -1.11. The number of halogens is 1. The number of benzene rings is 2. The minimum absolute atomic E-state index is 0.143. The molecule has 2 aromatic rings. The van der Waals surface area contributed by atoms with E-state index < -0.39 is 52.0 Å². The molecule has 0 aliphatic heterocycles. The molecule has 0 saturated heterocycles. The van der Waals surface area contributed by atoms with Crippen LogP contribution in [0.1, 0.15) is 23.7 Å². The molecule has 0 saturated carbocycles. The number of carbonyl (C=O) groups excluding carboxylic acids is 2. The van der Waals surface area contributed by atoms with Gasteiger partial charge in [-0.25, -0.2) is 4.39 Å². The summed E-state index contributed by atoms with van der Waals surface area (Å²) in [6.45, 7) is 1.43. The first kappa shape index (κ1) is 17.9. The summed E-state index contributed by atoms with van der Waals surface area (Å²) in [5.74, 6) is -8.39. The van der Waals surface area contributed by atoms with Crippen LogP contribution >= 0.6 is 0 Å². The van der Waals surface area contributed by atoms with Gasteiger partial charge in [-0.3, -0.25) is 9.59 Å². The predicted octanol–water partition coefficient (Wildman–Crippen LogP) is 2.22. The highest BCUT2D eigenvalue weighted by Gasteiger charge is 2.30. The second-order valence-corrected chi connectivity index (χ2v) is 4.86. The maximum absolute atomic E-state index is 13.7. The van der Waals surface area contributed by atoms with E-state index in [0.29, 0.717) is 0 Å². The minimum atomic E-state index is -1.20. The van der Waals surface area contributed by atoms with E-state index in [2.05, 4.69) is 5.32 Å². The van der Waals surface area contributed by atoms with Gasteiger partial charge in [0.25, 0.3) is 5.91 Å². The van der Waals surface area contributed by atoms with Gasteiger partial charge in [-0.15, -0.1) is 0 Å². The molecule has 0 atom stereocenters. The Labute approximate surface area is 140 Å². The van der Waals surface area contributed by atoms with Gasteiger partial charge in [0.1, 0.15) is 11.4 Å². The Balaban J connectivity index is 2.56. The normalized spacial score (nSPS) is 10.3. The third-order valence-corrected chi connectivity index (χ3v) is 3.21. The van der Waals surface area contributed by atoms with Gasteiger partial charge in [0.05, 0.1) is 5.69 Å². The summed E-state index contributed by atoms with van der Waals surface area (Å²) >= 11 is 0. The van der Waals surface area contributed by atoms with Gasteiger partial charge in [-0.1, -0.05) is 19.1 Å². The molecule has 5 N–H and O–H groups in total. The van der Waals surface area contributed by atoms with Crippen molar-refractivity contribution in [2.75, 3.05) is 5.32 Å². The fourth-order valence-electron chi connectivity index (χ4n) is 1.92. The highest BCUT2D eigenvalue weighted by atomic mass is 19.1. The molecular weight excluding hydrogens is 337 g/mol. The van der Waals surface area contributed by atoms with Crippen molar-refractivity contribution >= 4 is 17.6 Å². The molecule has 2 rings (SSSR count). The maximum atomic E-state index is 13.7. The van der Waals surface area contributed by atoms with Crippen molar-refractivity contribution < 1.29 is 39.1 Å². The van der Waals surface area contributed by atoms with Crippen molar-refractivity contribution in [1.29, 1.82) is 0 Å². The van der Waals surface area contributed by atoms with Crippen LogP contribution in [0, 0.1) is 5.82 Å². The lowest BCUT2D eigenvalue weighted by Crippen LogP contribution is -2.17. The molecule has 9 heteroatoms. The van der Waals surface area contributed by atoms with Crippen LogP contribution in [0.25, 0.3) is 0 Å². The lowest BCUT2D eigenvalue weighted by molar-refractivity contribution is -0.134. The number of nitrogens with one attached hydrogen (secondary N) is 1. The number of phenols is 4. The highest BCUT2D eigenvalue weighted by molar-refractivity contribution is 6.10. The molecule has 25 heavy (non-hydrogen) atoms. The summed E-state index contributed by atoms with van der Waals surface area (Å²) < 4.78 is 18.4. The quantitative estimate of drug-likeness (QED) is 0.246. The molecule has 0 heterocycles. The molecule has 8 nitrogen and oxygen atoms in total. The van der Waals surface area contributed by atoms with Gasteiger partial charge in [0.15, 0.2) is 11.5 Å². The number of hydrogen-bond donors (Lipinski definition) is 5. The van der Waals surface area contributed by atoms with Gasteiger partial charge in [-0.2, -0.15) is 0 Å². The molecule has 132 valence electrons. The number of hydrogen-bond acceptors (Lipinski definition) is 7. The van der Waals surface area contributed by atoms with Crippen LogP contribution < -0.4 is 10.1 Å². The van der Waals surface area contributed by atoms with Crippen molar-refractivity contribution in [3.05, 3.63) is 35.6 Å². The van der Waals surface area contributed by atoms with Gasteiger partial charge in [-0.05, 0) is 12.1 Å². The van der Waals surface area contributed by atoms with E-state index in [9.17, 15) is 34.4 Å². The summed E-state index contributed by atoms with van der Waals surface area (Å²) in [5, 5.41) is 41.0. The Morgan fingerprint density at radius 3 is 2.24 bits per heavy atom. The second kappa shape index (κ2) is 6.95. The van der Waals surface area contributed by atoms with E-state index in [-0.39, 0.29) is 12.1 Å². The number of rotatable bonds is 4. The Bertz CT molecular complexity index is 851. The number of carbonyl (C=O) groups is 2. The molecule has 0 radical (unpaired) electrons. The number of anilines is 1. The lowest BCUT2D eigenvalue weighted by Gasteiger charge is -2.15. The van der Waals surface area contributed by atoms with E-state index in [1.807, 2.05) is 0 Å². The van der Waals surface area contributed by atoms with Crippen LogP contribution in [-0.2, 0) is 4.79 Å². The number of aromatic hydroxyl groups is 4. The Kier molecular flexibility index (Phi) is 4.97. The topological polar surface area (TPSA) is 136 Å². The summed E-state index contributed by atoms with van der Waals surface area (Å²) in [7, 11) is 0. The molecule has 2 aromatic carbocycles. The predicted molar refractivity (Wildman–Crippen MR) is 83.4 cm³/mol. The largest absolute Gasteiger partial charge is 0.504 e. The third-order valence-electron chi connectivity index (χ3n) is 3.21. The average molecular weight is 351 g/mol. The SMILES string of the molecule is CCC(=O)Oc1c(O)c(O)c(O)c(O)c1C(=O)Nc1ccccc1F. The van der Waals surface area contributed by atoms with Crippen molar-refractivity contribution in [2.45, 2.75) is 13.3 Å². The van der Waals surface area contributed by atoms with Crippen LogP contribution in [0.5, 0.6) is 28.7 Å². The first-order chi connectivity index (χ1) is 11.8. The van der Waals surface area contributed by atoms with Crippen molar-refractivity contribution in [3.8, 4) is 28.7 Å². The van der Waals surface area contributed by atoms with Crippen molar-refractivity contribution in [2.24, 2.45) is 0 Å². The molecular formula is C16H14FNO7. The number of ether oxygens (including phenoxy) is 1. The molecule has 0 spiro atoms. The van der Waals surface area contributed by atoms with Gasteiger partial charge in [0, 0.05) is 6.42 Å². The standard InChI is InChI=1S/C16H14FNO7/c1-2-9(19)25-15-10(11(20)12(21)13(22)14(15)23)16(24)18-8-6-4-3-5-7(8)17/h3-6,20-23H,2H2,1H3,(H,18,24). The molecule has 0 aromatic heterocycles. The molecule has 0 aliphatic carbocycles. The highest BCUT2D eigenvalue weighted by Crippen LogP contribution is 2.51. The Morgan fingerprint density at radius 2 is 1.64 bits per heavy atom. The fourth-order valence-corrected chi connectivity index (χ4v) is 1.92. The molecule has 0 aliphatic rings. The van der Waals surface area contributed by atoms with Crippen molar-refractivity contribution in [3.63, 3.8) is 0 Å². The summed E-state index contributed by atoms with van der Waals surface area (Å²) in [4.78, 5) is 23.8. The van der Waals surface area contributed by atoms with E-state index in [1.165, 1.54) is 25.1 Å². The fraction of sp³-hybridized carbons (Fsp3) is 0.125. The first-order valence-electron chi connectivity index (χ1n) is 7.04. The average Bonchev–Trinajstić information content (AvgIpc) is 2.59. The maximum Gasteiger partial charge on any atom is 0.311 e. The Morgan fingerprint density at radius 1 is 1.04 bits per heavy atom. The zero-order chi connectivity index (χ0) is 18.7. The molecule has 0 fully saturated rings. The van der Waals surface area contributed by atoms with E-state index in [4.69, 9.17) is 4.74 Å². The summed E-state index contributed by atoms with van der Waals surface area (Å²) in [6, 6.07) is 5.11. The van der Waals surface area contributed by atoms with Crippen molar-refractivity contribution in [1.82, 2.24) is 0 Å². The third kappa shape index (κ3) is 3.39. The second-order valence-electron chi connectivity index (χ2n) is 4.86. The summed E-state index contributed by atoms with van der Waals surface area (Å²) in [6.07, 6.45) is -0.143. The zero-order valence-electron chi connectivity index (χ0n) is 12.9. The molecule has 1 amide bonds. The number of phenolic OH excluding ortho intramolecular Hbond substituents is 4. The van der Waals surface area contributed by atoms with Crippen LogP contribution in [0.3, 0.4) is 0 Å². The lowest BCUT2D eigenvalue weighted by atomic mass is 10.1. The van der Waals surface area contributed by atoms with Crippen LogP contribution in [0.2, 0.25) is 0 Å². The molecule has 0 bridgehead atoms. The number of esters is 1. The van der Waals surface area contributed by atoms with Crippen LogP contribution in [0.4, 0.5) is 10.1 Å². The monoisotopic (exact) mass is 351 g/mol. The van der Waals surface area contributed by atoms with Crippen LogP contribution in [0.15, 0.2) is 24.3 Å². The zero-order valence-corrected chi connectivity index (χ0v) is 12.9. The first-order valence-corrected chi connectivity index (χ1v) is 7.04. The van der Waals surface area contributed by atoms with Crippen LogP contribution in [-0.4, -0.2) is 32.3 Å². The smallest absolute Gasteiger partial charge is 0.311 e. The van der Waals surface area contributed by atoms with Gasteiger partial charge >= 0.3 is 5.97 Å². The van der Waals surface area contributed by atoms with Gasteiger partial charge < -0.3 is 30.5 Å². The van der Waals surface area contributed by atoms with E-state index in [0.717, 1.165) is 6.07 Å².